The maximum absolute atomic E-state index is 13.8. The minimum atomic E-state index is -0.329. The summed E-state index contributed by atoms with van der Waals surface area (Å²) in [7, 11) is 3.95. The van der Waals surface area contributed by atoms with Gasteiger partial charge in [-0.3, -0.25) is 4.79 Å². The van der Waals surface area contributed by atoms with Gasteiger partial charge < -0.3 is 14.5 Å². The van der Waals surface area contributed by atoms with Crippen molar-refractivity contribution in [2.24, 2.45) is 0 Å². The van der Waals surface area contributed by atoms with Crippen molar-refractivity contribution >= 4 is 33.1 Å². The second kappa shape index (κ2) is 7.75. The topological polar surface area (TPSA) is 45.7 Å². The summed E-state index contributed by atoms with van der Waals surface area (Å²) in [5.74, 6) is -0.282. The van der Waals surface area contributed by atoms with Gasteiger partial charge in [-0.05, 0) is 36.4 Å². The monoisotopic (exact) mass is 399 g/mol. The average Bonchev–Trinajstić information content (AvgIpc) is 3.12. The zero-order valence-corrected chi connectivity index (χ0v) is 16.7. The molecular formula is C21H22FN3O2S. The number of piperidine rings is 1. The molecule has 0 radical (unpaired) electrons. The van der Waals surface area contributed by atoms with Gasteiger partial charge in [-0.25, -0.2) is 4.39 Å². The molecule has 5 nitrogen and oxygen atoms in total. The van der Waals surface area contributed by atoms with Gasteiger partial charge in [0.2, 0.25) is 0 Å². The second-order valence-corrected chi connectivity index (χ2v) is 8.11. The highest BCUT2D eigenvalue weighted by atomic mass is 32.1. The molecule has 0 spiro atoms. The molecular weight excluding hydrogens is 377 g/mol. The van der Waals surface area contributed by atoms with Crippen molar-refractivity contribution in [1.29, 1.82) is 0 Å². The van der Waals surface area contributed by atoms with E-state index < -0.39 is 0 Å². The van der Waals surface area contributed by atoms with Crippen LogP contribution in [0.1, 0.15) is 23.2 Å². The number of halogens is 1. The van der Waals surface area contributed by atoms with E-state index in [2.05, 4.69) is 4.98 Å². The van der Waals surface area contributed by atoms with E-state index in [4.69, 9.17) is 4.74 Å². The van der Waals surface area contributed by atoms with Crippen LogP contribution in [0.4, 0.5) is 10.1 Å². The van der Waals surface area contributed by atoms with Crippen molar-refractivity contribution < 1.29 is 13.9 Å². The Morgan fingerprint density at radius 1 is 1.18 bits per heavy atom. The Bertz CT molecular complexity index is 979. The first-order chi connectivity index (χ1) is 13.5. The van der Waals surface area contributed by atoms with Gasteiger partial charge in [-0.2, -0.15) is 4.98 Å². The Morgan fingerprint density at radius 3 is 2.54 bits per heavy atom. The third kappa shape index (κ3) is 3.80. The van der Waals surface area contributed by atoms with Crippen LogP contribution in [0.5, 0.6) is 5.19 Å². The van der Waals surface area contributed by atoms with Gasteiger partial charge in [0.25, 0.3) is 11.1 Å². The molecule has 0 bridgehead atoms. The number of anilines is 1. The third-order valence-electron chi connectivity index (χ3n) is 4.98. The van der Waals surface area contributed by atoms with Crippen LogP contribution < -0.4 is 9.64 Å². The third-order valence-corrected chi connectivity index (χ3v) is 5.89. The molecule has 0 saturated carbocycles. The molecule has 2 heterocycles. The summed E-state index contributed by atoms with van der Waals surface area (Å²) in [6, 6.07) is 12.6. The van der Waals surface area contributed by atoms with Crippen molar-refractivity contribution in [2.45, 2.75) is 18.9 Å². The highest BCUT2D eigenvalue weighted by Crippen LogP contribution is 2.31. The van der Waals surface area contributed by atoms with E-state index in [-0.39, 0.29) is 17.8 Å². The van der Waals surface area contributed by atoms with Crippen LogP contribution in [0.2, 0.25) is 0 Å². The number of carbonyl (C=O) groups is 1. The zero-order valence-electron chi connectivity index (χ0n) is 15.9. The number of amides is 1. The zero-order chi connectivity index (χ0) is 19.7. The number of rotatable bonds is 4. The van der Waals surface area contributed by atoms with Crippen LogP contribution >= 0.6 is 11.3 Å². The van der Waals surface area contributed by atoms with E-state index in [0.29, 0.717) is 29.4 Å². The van der Waals surface area contributed by atoms with Crippen LogP contribution in [0.15, 0.2) is 42.5 Å². The molecule has 1 aromatic heterocycles. The van der Waals surface area contributed by atoms with Gasteiger partial charge in [0, 0.05) is 51.3 Å². The number of hydrogen-bond acceptors (Lipinski definition) is 5. The van der Waals surface area contributed by atoms with Gasteiger partial charge in [0.15, 0.2) is 0 Å². The minimum Gasteiger partial charge on any atom is -0.467 e. The molecule has 2 aromatic carbocycles. The number of hydrogen-bond donors (Lipinski definition) is 0. The summed E-state index contributed by atoms with van der Waals surface area (Å²) in [4.78, 5) is 20.9. The maximum Gasteiger partial charge on any atom is 0.274 e. The Morgan fingerprint density at radius 2 is 1.89 bits per heavy atom. The quantitative estimate of drug-likeness (QED) is 0.660. The Hall–Kier alpha value is -2.67. The van der Waals surface area contributed by atoms with E-state index in [1.807, 2.05) is 54.2 Å². The second-order valence-electron chi connectivity index (χ2n) is 7.12. The molecule has 4 rings (SSSR count). The Labute approximate surface area is 167 Å². The summed E-state index contributed by atoms with van der Waals surface area (Å²) in [6.45, 7) is 1.27. The number of aromatic nitrogens is 1. The SMILES string of the molecule is CN(C)c1ccc(C(=O)N2CCC(Oc3nc4c(F)cccc4s3)CC2)cc1. The summed E-state index contributed by atoms with van der Waals surface area (Å²) in [5, 5.41) is 0.490. The molecule has 1 aliphatic rings. The normalized spacial score (nSPS) is 15.0. The van der Waals surface area contributed by atoms with Gasteiger partial charge in [0.05, 0.1) is 4.70 Å². The lowest BCUT2D eigenvalue weighted by Crippen LogP contribution is -2.41. The number of nitrogens with zero attached hydrogens (tertiary/aromatic N) is 3. The lowest BCUT2D eigenvalue weighted by Gasteiger charge is -2.31. The molecule has 0 atom stereocenters. The van der Waals surface area contributed by atoms with Crippen LogP contribution in [0, 0.1) is 5.82 Å². The number of ether oxygens (including phenoxy) is 1. The van der Waals surface area contributed by atoms with E-state index in [0.717, 1.165) is 23.2 Å². The first-order valence-electron chi connectivity index (χ1n) is 9.29. The molecule has 28 heavy (non-hydrogen) atoms. The van der Waals surface area contributed by atoms with Crippen LogP contribution in [0.3, 0.4) is 0 Å². The van der Waals surface area contributed by atoms with Crippen molar-refractivity contribution in [3.63, 3.8) is 0 Å². The number of para-hydroxylation sites is 1. The first-order valence-corrected chi connectivity index (χ1v) is 10.1. The molecule has 146 valence electrons. The van der Waals surface area contributed by atoms with Gasteiger partial charge >= 0.3 is 0 Å². The summed E-state index contributed by atoms with van der Waals surface area (Å²) in [5.41, 5.74) is 2.12. The van der Waals surface area contributed by atoms with Crippen molar-refractivity contribution in [2.75, 3.05) is 32.1 Å². The maximum atomic E-state index is 13.8. The highest BCUT2D eigenvalue weighted by Gasteiger charge is 2.25. The van der Waals surface area contributed by atoms with Gasteiger partial charge in [0.1, 0.15) is 17.4 Å². The standard InChI is InChI=1S/C21H22FN3O2S/c1-24(2)15-8-6-14(7-9-15)20(26)25-12-10-16(11-13-25)27-21-23-19-17(22)4-3-5-18(19)28-21/h3-9,16H,10-13H2,1-2H3. The molecule has 0 aliphatic carbocycles. The van der Waals surface area contributed by atoms with E-state index in [9.17, 15) is 9.18 Å². The fourth-order valence-electron chi connectivity index (χ4n) is 3.35. The van der Waals surface area contributed by atoms with Gasteiger partial charge in [-0.15, -0.1) is 0 Å². The fourth-order valence-corrected chi connectivity index (χ4v) is 4.24. The van der Waals surface area contributed by atoms with Crippen LogP contribution in [0.25, 0.3) is 10.2 Å². The predicted molar refractivity (Wildman–Crippen MR) is 110 cm³/mol. The summed E-state index contributed by atoms with van der Waals surface area (Å²) in [6.07, 6.45) is 1.46. The highest BCUT2D eigenvalue weighted by molar-refractivity contribution is 7.20. The summed E-state index contributed by atoms with van der Waals surface area (Å²) < 4.78 is 20.5. The molecule has 1 fully saturated rings. The van der Waals surface area contributed by atoms with Crippen molar-refractivity contribution in [3.8, 4) is 5.19 Å². The molecule has 3 aromatic rings. The van der Waals surface area contributed by atoms with E-state index >= 15 is 0 Å². The molecule has 1 saturated heterocycles. The predicted octanol–water partition coefficient (Wildman–Crippen LogP) is 4.19. The number of carbonyl (C=O) groups excluding carboxylic acids is 1. The van der Waals surface area contributed by atoms with Crippen molar-refractivity contribution in [1.82, 2.24) is 9.88 Å². The van der Waals surface area contributed by atoms with Gasteiger partial charge in [-0.1, -0.05) is 17.4 Å². The van der Waals surface area contributed by atoms with Crippen LogP contribution in [-0.2, 0) is 0 Å². The molecule has 1 aliphatic heterocycles. The number of thiazole rings is 1. The number of benzene rings is 2. The molecule has 1 amide bonds. The molecule has 0 unspecified atom stereocenters. The lowest BCUT2D eigenvalue weighted by atomic mass is 10.1. The lowest BCUT2D eigenvalue weighted by molar-refractivity contribution is 0.0595. The molecule has 7 heteroatoms. The minimum absolute atomic E-state index is 0.0104. The largest absolute Gasteiger partial charge is 0.467 e. The Kier molecular flexibility index (Phi) is 5.17. The summed E-state index contributed by atoms with van der Waals surface area (Å²) >= 11 is 1.35. The van der Waals surface area contributed by atoms with E-state index in [1.54, 1.807) is 6.07 Å². The van der Waals surface area contributed by atoms with Crippen LogP contribution in [-0.4, -0.2) is 49.1 Å². The van der Waals surface area contributed by atoms with E-state index in [1.165, 1.54) is 17.4 Å². The fraction of sp³-hybridized carbons (Fsp3) is 0.333. The average molecular weight is 399 g/mol. The Balaban J connectivity index is 1.36. The van der Waals surface area contributed by atoms with Crippen molar-refractivity contribution in [3.05, 3.63) is 53.8 Å². The molecule has 0 N–H and O–H groups in total. The number of fused-ring (bicyclic) bond motifs is 1. The first kappa shape index (κ1) is 18.7. The smallest absolute Gasteiger partial charge is 0.274 e. The number of likely N-dealkylation sites (tertiary alicyclic amines) is 1.